The molecule has 8 heteroatoms. The minimum absolute atomic E-state index is 0.0222. The van der Waals surface area contributed by atoms with E-state index in [0.29, 0.717) is 17.9 Å². The highest BCUT2D eigenvalue weighted by Crippen LogP contribution is 2.38. The van der Waals surface area contributed by atoms with Gasteiger partial charge in [-0.2, -0.15) is 13.2 Å². The molecule has 0 spiro atoms. The van der Waals surface area contributed by atoms with Crippen LogP contribution in [-0.2, 0) is 11.0 Å². The maximum Gasteiger partial charge on any atom is 0.416 e. The summed E-state index contributed by atoms with van der Waals surface area (Å²) in [5.41, 5.74) is 4.27. The molecule has 0 aromatic heterocycles. The first-order chi connectivity index (χ1) is 13.7. The molecule has 2 N–H and O–H groups in total. The number of likely N-dealkylation sites (N-methyl/N-ethyl adjacent to an activating group) is 1. The van der Waals surface area contributed by atoms with Gasteiger partial charge in [-0.3, -0.25) is 9.69 Å². The quantitative estimate of drug-likeness (QED) is 0.765. The van der Waals surface area contributed by atoms with Crippen molar-refractivity contribution in [1.82, 2.24) is 4.90 Å². The fraction of sp³-hybridized carbons (Fsp3) is 0.524. The van der Waals surface area contributed by atoms with Gasteiger partial charge < -0.3 is 10.5 Å². The van der Waals surface area contributed by atoms with Crippen LogP contribution in [0.15, 0.2) is 29.8 Å². The number of halogens is 3. The third-order valence-corrected chi connectivity index (χ3v) is 5.75. The van der Waals surface area contributed by atoms with E-state index in [-0.39, 0.29) is 24.2 Å². The van der Waals surface area contributed by atoms with E-state index in [4.69, 9.17) is 10.5 Å². The monoisotopic (exact) mass is 409 g/mol. The van der Waals surface area contributed by atoms with E-state index in [1.807, 2.05) is 0 Å². The smallest absolute Gasteiger partial charge is 0.416 e. The third-order valence-electron chi connectivity index (χ3n) is 5.75. The molecule has 0 radical (unpaired) electrons. The predicted octanol–water partition coefficient (Wildman–Crippen LogP) is 4.22. The maximum absolute atomic E-state index is 13.1. The van der Waals surface area contributed by atoms with E-state index in [2.05, 4.69) is 11.6 Å². The second-order valence-electron chi connectivity index (χ2n) is 7.82. The molecule has 1 unspecified atom stereocenters. The van der Waals surface area contributed by atoms with E-state index >= 15 is 0 Å². The van der Waals surface area contributed by atoms with Gasteiger partial charge in [-0.15, -0.1) is 0 Å². The van der Waals surface area contributed by atoms with Gasteiger partial charge in [-0.05, 0) is 24.5 Å². The molecule has 158 valence electrons. The average molecular weight is 409 g/mol. The Balaban J connectivity index is 1.88. The Morgan fingerprint density at radius 1 is 1.34 bits per heavy atom. The third kappa shape index (κ3) is 4.41. The molecule has 1 amide bonds. The fourth-order valence-corrected chi connectivity index (χ4v) is 4.11. The largest absolute Gasteiger partial charge is 0.490 e. The van der Waals surface area contributed by atoms with Crippen molar-refractivity contribution in [3.05, 3.63) is 35.9 Å². The lowest BCUT2D eigenvalue weighted by atomic mass is 9.79. The number of carbonyl (C=O) groups is 1. The Morgan fingerprint density at radius 2 is 2.03 bits per heavy atom. The molecule has 2 aliphatic rings. The maximum atomic E-state index is 13.1. The van der Waals surface area contributed by atoms with E-state index in [1.54, 1.807) is 7.05 Å². The number of nitrogens with two attached hydrogens (primary N) is 1. The first kappa shape index (κ1) is 21.2. The highest BCUT2D eigenvalue weighted by Gasteiger charge is 2.48. The summed E-state index contributed by atoms with van der Waals surface area (Å²) in [4.78, 5) is 18.7. The summed E-state index contributed by atoms with van der Waals surface area (Å²) in [6, 6.07) is 3.22. The summed E-state index contributed by atoms with van der Waals surface area (Å²) in [6.45, 7) is 3.46. The minimum atomic E-state index is -4.50. The number of benzene rings is 1. The van der Waals surface area contributed by atoms with Crippen LogP contribution in [0, 0.1) is 5.92 Å². The molecular weight excluding hydrogens is 383 g/mol. The van der Waals surface area contributed by atoms with Crippen molar-refractivity contribution in [2.24, 2.45) is 16.6 Å². The molecule has 29 heavy (non-hydrogen) atoms. The summed E-state index contributed by atoms with van der Waals surface area (Å²) < 4.78 is 45.1. The van der Waals surface area contributed by atoms with Crippen molar-refractivity contribution >= 4 is 17.9 Å². The second kappa shape index (κ2) is 8.08. The lowest BCUT2D eigenvalue weighted by Gasteiger charge is -2.31. The van der Waals surface area contributed by atoms with E-state index in [1.165, 1.54) is 23.5 Å². The van der Waals surface area contributed by atoms with Crippen LogP contribution in [-0.4, -0.2) is 36.0 Å². The molecule has 1 aromatic carbocycles. The zero-order valence-electron chi connectivity index (χ0n) is 16.5. The molecule has 3 rings (SSSR count). The van der Waals surface area contributed by atoms with Crippen LogP contribution in [0.5, 0.6) is 5.75 Å². The zero-order chi connectivity index (χ0) is 21.2. The van der Waals surface area contributed by atoms with Crippen LogP contribution >= 0.6 is 0 Å². The van der Waals surface area contributed by atoms with Crippen LogP contribution < -0.4 is 10.5 Å². The number of aliphatic imine (C=N–C) groups is 1. The minimum Gasteiger partial charge on any atom is -0.490 e. The number of carbonyl (C=O) groups excluding carboxylic acids is 1. The first-order valence-electron chi connectivity index (χ1n) is 9.76. The number of rotatable bonds is 6. The number of hydrogen-bond donors (Lipinski definition) is 1. The highest BCUT2D eigenvalue weighted by molar-refractivity contribution is 6.06. The molecule has 0 saturated heterocycles. The SMILES string of the molecule is C=Cc1ccc(C(F)(F)F)cc1OCC1(CC2CCCCC2)N=C(N)N(C)C1=O. The summed E-state index contributed by atoms with van der Waals surface area (Å²) in [5, 5.41) is 0. The molecule has 1 aromatic rings. The van der Waals surface area contributed by atoms with Crippen LogP contribution in [0.1, 0.15) is 49.7 Å². The van der Waals surface area contributed by atoms with E-state index < -0.39 is 17.3 Å². The van der Waals surface area contributed by atoms with Crippen molar-refractivity contribution in [2.45, 2.75) is 50.2 Å². The van der Waals surface area contributed by atoms with Gasteiger partial charge >= 0.3 is 6.18 Å². The van der Waals surface area contributed by atoms with Gasteiger partial charge in [-0.25, -0.2) is 4.99 Å². The topological polar surface area (TPSA) is 67.9 Å². The Labute approximate surface area is 168 Å². The summed E-state index contributed by atoms with van der Waals surface area (Å²) in [6.07, 6.45) is 2.75. The van der Waals surface area contributed by atoms with Crippen LogP contribution in [0.2, 0.25) is 0 Å². The average Bonchev–Trinajstić information content (AvgIpc) is 2.90. The Bertz CT molecular complexity index is 816. The molecule has 1 aliphatic heterocycles. The van der Waals surface area contributed by atoms with E-state index in [0.717, 1.165) is 37.8 Å². The lowest BCUT2D eigenvalue weighted by molar-refractivity contribution is -0.138. The number of amides is 1. The van der Waals surface area contributed by atoms with Crippen molar-refractivity contribution < 1.29 is 22.7 Å². The molecule has 5 nitrogen and oxygen atoms in total. The number of hydrogen-bond acceptors (Lipinski definition) is 4. The Hall–Kier alpha value is -2.51. The molecule has 1 aliphatic carbocycles. The van der Waals surface area contributed by atoms with Crippen molar-refractivity contribution in [3.63, 3.8) is 0 Å². The van der Waals surface area contributed by atoms with Crippen molar-refractivity contribution in [1.29, 1.82) is 0 Å². The molecular formula is C21H26F3N3O2. The number of nitrogens with zero attached hydrogens (tertiary/aromatic N) is 2. The lowest BCUT2D eigenvalue weighted by Crippen LogP contribution is -2.47. The van der Waals surface area contributed by atoms with Gasteiger partial charge in [-0.1, -0.05) is 50.8 Å². The predicted molar refractivity (Wildman–Crippen MR) is 105 cm³/mol. The van der Waals surface area contributed by atoms with Crippen LogP contribution in [0.4, 0.5) is 13.2 Å². The number of ether oxygens (including phenoxy) is 1. The first-order valence-corrected chi connectivity index (χ1v) is 9.76. The number of alkyl halides is 3. The van der Waals surface area contributed by atoms with Gasteiger partial charge in [0.2, 0.25) is 0 Å². The summed E-state index contributed by atoms with van der Waals surface area (Å²) >= 11 is 0. The van der Waals surface area contributed by atoms with Gasteiger partial charge in [0.15, 0.2) is 11.5 Å². The van der Waals surface area contributed by atoms with Gasteiger partial charge in [0.25, 0.3) is 5.91 Å². The highest BCUT2D eigenvalue weighted by atomic mass is 19.4. The van der Waals surface area contributed by atoms with Gasteiger partial charge in [0.1, 0.15) is 12.4 Å². The molecule has 1 saturated carbocycles. The van der Waals surface area contributed by atoms with Gasteiger partial charge in [0.05, 0.1) is 5.56 Å². The van der Waals surface area contributed by atoms with E-state index in [9.17, 15) is 18.0 Å². The van der Waals surface area contributed by atoms with Crippen molar-refractivity contribution in [2.75, 3.05) is 13.7 Å². The number of guanidine groups is 1. The van der Waals surface area contributed by atoms with Gasteiger partial charge in [0, 0.05) is 12.6 Å². The van der Waals surface area contributed by atoms with Crippen molar-refractivity contribution in [3.8, 4) is 5.75 Å². The normalized spacial score (nSPS) is 23.2. The Morgan fingerprint density at radius 3 is 2.59 bits per heavy atom. The summed E-state index contributed by atoms with van der Waals surface area (Å²) in [7, 11) is 1.54. The van der Waals surface area contributed by atoms with Crippen LogP contribution in [0.3, 0.4) is 0 Å². The Kier molecular flexibility index (Phi) is 5.91. The molecule has 1 fully saturated rings. The second-order valence-corrected chi connectivity index (χ2v) is 7.82. The molecule has 1 atom stereocenters. The fourth-order valence-electron chi connectivity index (χ4n) is 4.11. The summed E-state index contributed by atoms with van der Waals surface area (Å²) in [5.74, 6) is 0.142. The van der Waals surface area contributed by atoms with Crippen LogP contribution in [0.25, 0.3) is 6.08 Å². The standard InChI is InChI=1S/C21H26F3N3O2/c1-3-15-9-10-16(21(22,23)24)11-17(15)29-13-20(12-14-7-5-4-6-8-14)18(28)27(2)19(25)26-20/h3,9-11,14H,1,4-8,12-13H2,2H3,(H2,25,26). The molecule has 1 heterocycles. The zero-order valence-corrected chi connectivity index (χ0v) is 16.5. The molecule has 0 bridgehead atoms.